The van der Waals surface area contributed by atoms with Crippen LogP contribution in [0.3, 0.4) is 0 Å². The summed E-state index contributed by atoms with van der Waals surface area (Å²) in [6, 6.07) is 1.44. The zero-order valence-electron chi connectivity index (χ0n) is 8.28. The van der Waals surface area contributed by atoms with E-state index in [4.69, 9.17) is 27.9 Å². The normalized spacial score (nSPS) is 10.7. The quantitative estimate of drug-likeness (QED) is 0.613. The van der Waals surface area contributed by atoms with Gasteiger partial charge in [0, 0.05) is 6.07 Å². The Morgan fingerprint density at radius 3 is 3.00 bits per heavy atom. The van der Waals surface area contributed by atoms with Crippen LogP contribution in [0, 0.1) is 0 Å². The zero-order chi connectivity index (χ0) is 11.7. The lowest BCUT2D eigenvalue weighted by Gasteiger charge is -2.00. The molecule has 0 saturated carbocycles. The van der Waals surface area contributed by atoms with E-state index in [1.807, 2.05) is 0 Å². The Bertz CT molecular complexity index is 553. The first-order chi connectivity index (χ1) is 7.63. The summed E-state index contributed by atoms with van der Waals surface area (Å²) in [6.45, 7) is 2.00. The molecule has 0 N–H and O–H groups in total. The summed E-state index contributed by atoms with van der Waals surface area (Å²) in [7, 11) is 0. The van der Waals surface area contributed by atoms with Crippen molar-refractivity contribution in [3.63, 3.8) is 0 Å². The molecule has 16 heavy (non-hydrogen) atoms. The summed E-state index contributed by atoms with van der Waals surface area (Å²) in [6.07, 6.45) is 1.35. The van der Waals surface area contributed by atoms with Gasteiger partial charge in [-0.25, -0.2) is 14.3 Å². The molecule has 0 aliphatic heterocycles. The lowest BCUT2D eigenvalue weighted by atomic mass is 10.3. The predicted molar refractivity (Wildman–Crippen MR) is 59.0 cm³/mol. The number of carbonyl (C=O) groups excluding carboxylic acids is 1. The van der Waals surface area contributed by atoms with Gasteiger partial charge in [-0.05, 0) is 6.92 Å². The second-order valence-electron chi connectivity index (χ2n) is 2.92. The monoisotopic (exact) mass is 259 g/mol. The average Bonchev–Trinajstić information content (AvgIpc) is 2.61. The molecule has 84 valence electrons. The van der Waals surface area contributed by atoms with Crippen molar-refractivity contribution >= 4 is 34.8 Å². The highest BCUT2D eigenvalue weighted by molar-refractivity contribution is 6.33. The molecular formula is C9H7Cl2N3O2. The van der Waals surface area contributed by atoms with Crippen LogP contribution in [0.25, 0.3) is 5.65 Å². The van der Waals surface area contributed by atoms with Gasteiger partial charge in [0.15, 0.2) is 5.65 Å². The summed E-state index contributed by atoms with van der Waals surface area (Å²) in [5.41, 5.74) is 0.530. The van der Waals surface area contributed by atoms with Crippen LogP contribution in [0.5, 0.6) is 0 Å². The second kappa shape index (κ2) is 4.27. The SMILES string of the molecule is CCOC(=O)c1cnn2c(Cl)cc(Cl)nc12. The predicted octanol–water partition coefficient (Wildman–Crippen LogP) is 2.21. The Hall–Kier alpha value is -1.33. The number of halogens is 2. The fourth-order valence-electron chi connectivity index (χ4n) is 1.25. The van der Waals surface area contributed by atoms with Crippen molar-refractivity contribution in [3.05, 3.63) is 28.1 Å². The highest BCUT2D eigenvalue weighted by atomic mass is 35.5. The fraction of sp³-hybridized carbons (Fsp3) is 0.222. The lowest BCUT2D eigenvalue weighted by Crippen LogP contribution is -2.05. The summed E-state index contributed by atoms with van der Waals surface area (Å²) in [5.74, 6) is -0.497. The molecule has 2 heterocycles. The molecule has 0 saturated heterocycles. The summed E-state index contributed by atoms with van der Waals surface area (Å²) in [5, 5.41) is 4.41. The number of ether oxygens (including phenoxy) is 1. The van der Waals surface area contributed by atoms with Crippen LogP contribution in [0.4, 0.5) is 0 Å². The Labute approximate surface area is 101 Å². The van der Waals surface area contributed by atoms with Crippen molar-refractivity contribution in [1.29, 1.82) is 0 Å². The molecule has 0 aromatic carbocycles. The van der Waals surface area contributed by atoms with Crippen molar-refractivity contribution in [2.45, 2.75) is 6.92 Å². The summed E-state index contributed by atoms with van der Waals surface area (Å²) >= 11 is 11.6. The minimum atomic E-state index is -0.497. The van der Waals surface area contributed by atoms with E-state index in [0.717, 1.165) is 0 Å². The van der Waals surface area contributed by atoms with Gasteiger partial charge in [-0.15, -0.1) is 0 Å². The molecule has 0 atom stereocenters. The van der Waals surface area contributed by atoms with E-state index in [1.54, 1.807) is 6.92 Å². The molecule has 2 aromatic heterocycles. The van der Waals surface area contributed by atoms with Crippen LogP contribution in [0.2, 0.25) is 10.3 Å². The van der Waals surface area contributed by atoms with E-state index in [9.17, 15) is 4.79 Å². The van der Waals surface area contributed by atoms with Crippen molar-refractivity contribution in [1.82, 2.24) is 14.6 Å². The van der Waals surface area contributed by atoms with Gasteiger partial charge in [0.25, 0.3) is 0 Å². The van der Waals surface area contributed by atoms with E-state index < -0.39 is 5.97 Å². The number of fused-ring (bicyclic) bond motifs is 1. The summed E-state index contributed by atoms with van der Waals surface area (Å²) < 4.78 is 6.17. The molecule has 0 radical (unpaired) electrons. The standard InChI is InChI=1S/C9H7Cl2N3O2/c1-2-16-9(15)5-4-12-14-7(11)3-6(10)13-8(5)14/h3-4H,2H2,1H3. The lowest BCUT2D eigenvalue weighted by molar-refractivity contribution is 0.0528. The van der Waals surface area contributed by atoms with E-state index in [1.165, 1.54) is 16.8 Å². The van der Waals surface area contributed by atoms with Gasteiger partial charge < -0.3 is 4.74 Å². The molecular weight excluding hydrogens is 253 g/mol. The molecule has 0 aliphatic carbocycles. The van der Waals surface area contributed by atoms with Gasteiger partial charge in [0.1, 0.15) is 15.9 Å². The second-order valence-corrected chi connectivity index (χ2v) is 3.69. The van der Waals surface area contributed by atoms with Crippen molar-refractivity contribution in [2.24, 2.45) is 0 Å². The van der Waals surface area contributed by atoms with Crippen molar-refractivity contribution < 1.29 is 9.53 Å². The first-order valence-electron chi connectivity index (χ1n) is 4.50. The maximum Gasteiger partial charge on any atom is 0.343 e. The summed E-state index contributed by atoms with van der Waals surface area (Å²) in [4.78, 5) is 15.5. The molecule has 2 aromatic rings. The van der Waals surface area contributed by atoms with Gasteiger partial charge in [0.2, 0.25) is 0 Å². The van der Waals surface area contributed by atoms with Crippen LogP contribution in [-0.4, -0.2) is 27.2 Å². The van der Waals surface area contributed by atoms with Gasteiger partial charge in [0.05, 0.1) is 12.8 Å². The Kier molecular flexibility index (Phi) is 2.98. The molecule has 2 rings (SSSR count). The minimum Gasteiger partial charge on any atom is -0.462 e. The van der Waals surface area contributed by atoms with Crippen LogP contribution < -0.4 is 0 Å². The highest BCUT2D eigenvalue weighted by Gasteiger charge is 2.16. The molecule has 7 heteroatoms. The number of aromatic nitrogens is 3. The van der Waals surface area contributed by atoms with Gasteiger partial charge >= 0.3 is 5.97 Å². The van der Waals surface area contributed by atoms with Gasteiger partial charge in [-0.1, -0.05) is 23.2 Å². The Balaban J connectivity index is 2.60. The molecule has 0 spiro atoms. The molecule has 0 amide bonds. The third kappa shape index (κ3) is 1.83. The molecule has 0 aliphatic rings. The molecule has 0 fully saturated rings. The zero-order valence-corrected chi connectivity index (χ0v) is 9.79. The first kappa shape index (κ1) is 11.2. The number of carbonyl (C=O) groups is 1. The van der Waals surface area contributed by atoms with E-state index in [0.29, 0.717) is 0 Å². The Morgan fingerprint density at radius 2 is 2.31 bits per heavy atom. The van der Waals surface area contributed by atoms with E-state index >= 15 is 0 Å². The minimum absolute atomic E-state index is 0.198. The number of hydrogen-bond donors (Lipinski definition) is 0. The van der Waals surface area contributed by atoms with E-state index in [2.05, 4.69) is 10.1 Å². The third-order valence-electron chi connectivity index (χ3n) is 1.89. The molecule has 0 unspecified atom stereocenters. The number of nitrogens with zero attached hydrogens (tertiary/aromatic N) is 3. The van der Waals surface area contributed by atoms with Crippen LogP contribution >= 0.6 is 23.2 Å². The van der Waals surface area contributed by atoms with Gasteiger partial charge in [-0.2, -0.15) is 5.10 Å². The van der Waals surface area contributed by atoms with Crippen LogP contribution in [-0.2, 0) is 4.74 Å². The largest absolute Gasteiger partial charge is 0.462 e. The van der Waals surface area contributed by atoms with Crippen LogP contribution in [0.1, 0.15) is 17.3 Å². The third-order valence-corrected chi connectivity index (χ3v) is 2.36. The molecule has 0 bridgehead atoms. The highest BCUT2D eigenvalue weighted by Crippen LogP contribution is 2.19. The number of esters is 1. The number of rotatable bonds is 2. The Morgan fingerprint density at radius 1 is 1.56 bits per heavy atom. The van der Waals surface area contributed by atoms with Crippen LogP contribution in [0.15, 0.2) is 12.3 Å². The molecule has 5 nitrogen and oxygen atoms in total. The average molecular weight is 260 g/mol. The fourth-order valence-corrected chi connectivity index (χ4v) is 1.72. The smallest absolute Gasteiger partial charge is 0.343 e. The first-order valence-corrected chi connectivity index (χ1v) is 5.26. The topological polar surface area (TPSA) is 56.5 Å². The van der Waals surface area contributed by atoms with E-state index in [-0.39, 0.29) is 28.1 Å². The maximum absolute atomic E-state index is 11.5. The maximum atomic E-state index is 11.5. The van der Waals surface area contributed by atoms with Crippen molar-refractivity contribution in [3.8, 4) is 0 Å². The van der Waals surface area contributed by atoms with Crippen molar-refractivity contribution in [2.75, 3.05) is 6.61 Å². The number of hydrogen-bond acceptors (Lipinski definition) is 4. The van der Waals surface area contributed by atoms with Gasteiger partial charge in [-0.3, -0.25) is 0 Å².